The van der Waals surface area contributed by atoms with Crippen LogP contribution in [0.5, 0.6) is 5.75 Å². The molecule has 0 unspecified atom stereocenters. The maximum atomic E-state index is 14.0. The van der Waals surface area contributed by atoms with Gasteiger partial charge in [0.25, 0.3) is 5.91 Å². The molecule has 0 radical (unpaired) electrons. The molecule has 2 aromatic rings. The molecule has 0 aliphatic heterocycles. The summed E-state index contributed by atoms with van der Waals surface area (Å²) in [6.45, 7) is 0. The zero-order valence-corrected chi connectivity index (χ0v) is 13.8. The van der Waals surface area contributed by atoms with Crippen LogP contribution in [0.3, 0.4) is 0 Å². The van der Waals surface area contributed by atoms with Crippen LogP contribution in [0.25, 0.3) is 0 Å². The lowest BCUT2D eigenvalue weighted by Crippen LogP contribution is -2.41. The van der Waals surface area contributed by atoms with Crippen molar-refractivity contribution < 1.29 is 18.7 Å². The van der Waals surface area contributed by atoms with Gasteiger partial charge in [-0.2, -0.15) is 0 Å². The van der Waals surface area contributed by atoms with Crippen molar-refractivity contribution in [1.82, 2.24) is 10.6 Å². The number of imide groups is 1. The van der Waals surface area contributed by atoms with E-state index in [1.165, 1.54) is 19.2 Å². The second-order valence-electron chi connectivity index (χ2n) is 4.55. The minimum atomic E-state index is -1.16. The highest BCUT2D eigenvalue weighted by molar-refractivity contribution is 9.10. The molecule has 0 aliphatic carbocycles. The van der Waals surface area contributed by atoms with Crippen molar-refractivity contribution in [2.75, 3.05) is 7.05 Å². The summed E-state index contributed by atoms with van der Waals surface area (Å²) in [5.74, 6) is -1.40. The molecule has 0 aliphatic rings. The van der Waals surface area contributed by atoms with Gasteiger partial charge in [-0.3, -0.25) is 10.1 Å². The minimum Gasteiger partial charge on any atom is -0.473 e. The summed E-state index contributed by atoms with van der Waals surface area (Å²) in [5.41, 5.74) is 0.497. The third-order valence-electron chi connectivity index (χ3n) is 2.94. The van der Waals surface area contributed by atoms with Crippen molar-refractivity contribution in [2.45, 2.75) is 6.10 Å². The second-order valence-corrected chi connectivity index (χ2v) is 5.47. The van der Waals surface area contributed by atoms with Crippen molar-refractivity contribution in [3.63, 3.8) is 0 Å². The van der Waals surface area contributed by atoms with Crippen LogP contribution in [0, 0.1) is 5.82 Å². The molecule has 2 aromatic carbocycles. The quantitative estimate of drug-likeness (QED) is 0.855. The van der Waals surface area contributed by atoms with Gasteiger partial charge >= 0.3 is 6.03 Å². The van der Waals surface area contributed by atoms with Gasteiger partial charge in [0.05, 0.1) is 0 Å². The normalized spacial score (nSPS) is 11.4. The Morgan fingerprint density at radius 1 is 1.17 bits per heavy atom. The molecule has 0 saturated carbocycles. The Hall–Kier alpha value is -2.41. The summed E-state index contributed by atoms with van der Waals surface area (Å²) in [4.78, 5) is 23.6. The van der Waals surface area contributed by atoms with Gasteiger partial charge in [-0.05, 0) is 18.2 Å². The number of hydrogen-bond donors (Lipinski definition) is 2. The van der Waals surface area contributed by atoms with Crippen LogP contribution in [0.4, 0.5) is 9.18 Å². The standard InChI is InChI=1S/C16H14BrFN2O3/c1-19-16(22)20-15(21)14(10-5-3-2-4-6-10)23-13-8-7-11(17)9-12(13)18/h2-9,14H,1H3,(H2,19,20,21,22)/t14-/m0/s1. The summed E-state index contributed by atoms with van der Waals surface area (Å²) in [6.07, 6.45) is -1.16. The average molecular weight is 381 g/mol. The van der Waals surface area contributed by atoms with Gasteiger partial charge in [0.2, 0.25) is 6.10 Å². The smallest absolute Gasteiger partial charge is 0.321 e. The fourth-order valence-electron chi connectivity index (χ4n) is 1.84. The molecule has 5 nitrogen and oxygen atoms in total. The predicted octanol–water partition coefficient (Wildman–Crippen LogP) is 3.16. The third kappa shape index (κ3) is 4.53. The first-order valence-corrected chi connectivity index (χ1v) is 7.50. The number of urea groups is 1. The highest BCUT2D eigenvalue weighted by Crippen LogP contribution is 2.27. The van der Waals surface area contributed by atoms with E-state index >= 15 is 0 Å². The number of benzene rings is 2. The number of ether oxygens (including phenoxy) is 1. The topological polar surface area (TPSA) is 67.4 Å². The average Bonchev–Trinajstić information content (AvgIpc) is 2.54. The Morgan fingerprint density at radius 3 is 2.48 bits per heavy atom. The zero-order valence-electron chi connectivity index (χ0n) is 12.2. The van der Waals surface area contributed by atoms with Crippen molar-refractivity contribution in [3.8, 4) is 5.75 Å². The molecule has 0 spiro atoms. The van der Waals surface area contributed by atoms with Crippen molar-refractivity contribution in [3.05, 3.63) is 64.4 Å². The summed E-state index contributed by atoms with van der Waals surface area (Å²) in [6, 6.07) is 12.1. The molecular weight excluding hydrogens is 367 g/mol. The number of nitrogens with one attached hydrogen (secondary N) is 2. The number of rotatable bonds is 4. The van der Waals surface area contributed by atoms with E-state index in [1.54, 1.807) is 36.4 Å². The SMILES string of the molecule is CNC(=O)NC(=O)[C@@H](Oc1ccc(Br)cc1F)c1ccccc1. The molecule has 2 N–H and O–H groups in total. The fraction of sp³-hybridized carbons (Fsp3) is 0.125. The van der Waals surface area contributed by atoms with Gasteiger partial charge in [-0.1, -0.05) is 46.3 Å². The van der Waals surface area contributed by atoms with Crippen LogP contribution in [0.2, 0.25) is 0 Å². The number of halogens is 2. The fourth-order valence-corrected chi connectivity index (χ4v) is 2.17. The molecule has 1 atom stereocenters. The monoisotopic (exact) mass is 380 g/mol. The van der Waals surface area contributed by atoms with E-state index in [9.17, 15) is 14.0 Å². The number of hydrogen-bond acceptors (Lipinski definition) is 3. The molecule has 3 amide bonds. The molecular formula is C16H14BrFN2O3. The molecule has 7 heteroatoms. The van der Waals surface area contributed by atoms with E-state index in [4.69, 9.17) is 4.74 Å². The summed E-state index contributed by atoms with van der Waals surface area (Å²) < 4.78 is 20.0. The van der Waals surface area contributed by atoms with Crippen LogP contribution in [0.15, 0.2) is 53.0 Å². The molecule has 0 aromatic heterocycles. The van der Waals surface area contributed by atoms with Gasteiger partial charge < -0.3 is 10.1 Å². The van der Waals surface area contributed by atoms with E-state index < -0.39 is 23.9 Å². The van der Waals surface area contributed by atoms with Gasteiger partial charge in [-0.25, -0.2) is 9.18 Å². The summed E-state index contributed by atoms with van der Waals surface area (Å²) >= 11 is 3.15. The van der Waals surface area contributed by atoms with Crippen LogP contribution in [0.1, 0.15) is 11.7 Å². The van der Waals surface area contributed by atoms with E-state index in [1.807, 2.05) is 0 Å². The Balaban J connectivity index is 2.30. The first kappa shape index (κ1) is 17.0. The first-order chi connectivity index (χ1) is 11.0. The zero-order chi connectivity index (χ0) is 16.8. The van der Waals surface area contributed by atoms with Gasteiger partial charge in [0.1, 0.15) is 0 Å². The summed E-state index contributed by atoms with van der Waals surface area (Å²) in [5, 5.41) is 4.41. The van der Waals surface area contributed by atoms with Crippen LogP contribution in [-0.4, -0.2) is 19.0 Å². The third-order valence-corrected chi connectivity index (χ3v) is 3.44. The summed E-state index contributed by atoms with van der Waals surface area (Å²) in [7, 11) is 1.38. The first-order valence-electron chi connectivity index (χ1n) is 6.70. The molecule has 0 fully saturated rings. The number of carbonyl (C=O) groups is 2. The molecule has 120 valence electrons. The lowest BCUT2D eigenvalue weighted by Gasteiger charge is -2.19. The Morgan fingerprint density at radius 2 is 1.87 bits per heavy atom. The van der Waals surface area contributed by atoms with E-state index in [0.717, 1.165) is 0 Å². The van der Waals surface area contributed by atoms with E-state index in [-0.39, 0.29) is 5.75 Å². The molecule has 0 bridgehead atoms. The minimum absolute atomic E-state index is 0.0888. The second kappa shape index (κ2) is 7.73. The predicted molar refractivity (Wildman–Crippen MR) is 86.5 cm³/mol. The van der Waals surface area contributed by atoms with Gasteiger partial charge in [-0.15, -0.1) is 0 Å². The van der Waals surface area contributed by atoms with Crippen molar-refractivity contribution >= 4 is 27.9 Å². The number of amides is 3. The maximum absolute atomic E-state index is 14.0. The highest BCUT2D eigenvalue weighted by atomic mass is 79.9. The van der Waals surface area contributed by atoms with Gasteiger partial charge in [0.15, 0.2) is 11.6 Å². The Labute approximate surface area is 141 Å². The lowest BCUT2D eigenvalue weighted by molar-refractivity contribution is -0.127. The molecule has 2 rings (SSSR count). The van der Waals surface area contributed by atoms with Crippen molar-refractivity contribution in [2.24, 2.45) is 0 Å². The van der Waals surface area contributed by atoms with Crippen LogP contribution in [-0.2, 0) is 4.79 Å². The molecule has 0 heterocycles. The lowest BCUT2D eigenvalue weighted by atomic mass is 10.1. The number of carbonyl (C=O) groups excluding carboxylic acids is 2. The Bertz CT molecular complexity index is 710. The largest absolute Gasteiger partial charge is 0.473 e. The Kier molecular flexibility index (Phi) is 5.70. The molecule has 23 heavy (non-hydrogen) atoms. The maximum Gasteiger partial charge on any atom is 0.321 e. The van der Waals surface area contributed by atoms with Gasteiger partial charge in [0, 0.05) is 17.1 Å². The van der Waals surface area contributed by atoms with E-state index in [2.05, 4.69) is 26.6 Å². The highest BCUT2D eigenvalue weighted by Gasteiger charge is 2.25. The molecule has 0 saturated heterocycles. The van der Waals surface area contributed by atoms with E-state index in [0.29, 0.717) is 10.0 Å². The van der Waals surface area contributed by atoms with Crippen LogP contribution < -0.4 is 15.4 Å². The van der Waals surface area contributed by atoms with Crippen molar-refractivity contribution in [1.29, 1.82) is 0 Å². The van der Waals surface area contributed by atoms with Crippen LogP contribution >= 0.6 is 15.9 Å².